The van der Waals surface area contributed by atoms with E-state index in [4.69, 9.17) is 9.47 Å². The van der Waals surface area contributed by atoms with Gasteiger partial charge in [0, 0.05) is 32.7 Å². The lowest BCUT2D eigenvalue weighted by Crippen LogP contribution is -2.63. The Labute approximate surface area is 160 Å². The molecule has 7 nitrogen and oxygen atoms in total. The van der Waals surface area contributed by atoms with Gasteiger partial charge in [-0.3, -0.25) is 0 Å². The first-order chi connectivity index (χ1) is 12.8. The topological polar surface area (TPSA) is 62.3 Å². The number of hydrogen-bond acceptors (Lipinski definition) is 4. The summed E-state index contributed by atoms with van der Waals surface area (Å²) in [6.45, 7) is 8.41. The second-order valence-corrected chi connectivity index (χ2v) is 8.12. The van der Waals surface area contributed by atoms with Crippen LogP contribution >= 0.6 is 0 Å². The summed E-state index contributed by atoms with van der Waals surface area (Å²) < 4.78 is 10.7. The lowest BCUT2D eigenvalue weighted by molar-refractivity contribution is -0.000950. The Morgan fingerprint density at radius 3 is 2.70 bits per heavy atom. The summed E-state index contributed by atoms with van der Waals surface area (Å²) >= 11 is 0. The number of amides is 3. The molecule has 0 N–H and O–H groups in total. The highest BCUT2D eigenvalue weighted by Crippen LogP contribution is 2.24. The first-order valence-corrected chi connectivity index (χ1v) is 9.43. The Hall–Kier alpha value is -2.44. The fraction of sp³-hybridized carbons (Fsp3) is 0.600. The maximum atomic E-state index is 12.9. The van der Waals surface area contributed by atoms with Crippen molar-refractivity contribution >= 4 is 12.1 Å². The van der Waals surface area contributed by atoms with Gasteiger partial charge in [0.25, 0.3) is 0 Å². The number of piperazine rings is 1. The van der Waals surface area contributed by atoms with Crippen molar-refractivity contribution in [2.24, 2.45) is 0 Å². The molecule has 2 saturated heterocycles. The number of nitrogens with zero attached hydrogens (tertiary/aromatic N) is 3. The minimum absolute atomic E-state index is 0.0397. The molecule has 27 heavy (non-hydrogen) atoms. The molecule has 1 atom stereocenters. The lowest BCUT2D eigenvalue weighted by atomic mass is 10.1. The van der Waals surface area contributed by atoms with Gasteiger partial charge in [-0.2, -0.15) is 0 Å². The molecule has 3 rings (SSSR count). The molecule has 0 spiro atoms. The van der Waals surface area contributed by atoms with Gasteiger partial charge in [-0.15, -0.1) is 0 Å². The van der Waals surface area contributed by atoms with Crippen molar-refractivity contribution in [3.8, 4) is 5.75 Å². The van der Waals surface area contributed by atoms with E-state index in [1.165, 1.54) is 0 Å². The van der Waals surface area contributed by atoms with Crippen molar-refractivity contribution in [1.82, 2.24) is 14.7 Å². The second-order valence-electron chi connectivity index (χ2n) is 8.12. The molecule has 7 heteroatoms. The van der Waals surface area contributed by atoms with Gasteiger partial charge in [-0.25, -0.2) is 9.59 Å². The van der Waals surface area contributed by atoms with Crippen LogP contribution in [0.5, 0.6) is 5.75 Å². The van der Waals surface area contributed by atoms with Crippen molar-refractivity contribution in [2.45, 2.75) is 45.4 Å². The summed E-state index contributed by atoms with van der Waals surface area (Å²) in [6, 6.07) is 7.89. The Balaban J connectivity index is 1.60. The average Bonchev–Trinajstić information content (AvgIpc) is 2.62. The molecule has 0 aliphatic carbocycles. The third-order valence-electron chi connectivity index (χ3n) is 4.89. The van der Waals surface area contributed by atoms with Gasteiger partial charge in [0.2, 0.25) is 0 Å². The van der Waals surface area contributed by atoms with E-state index in [9.17, 15) is 9.59 Å². The van der Waals surface area contributed by atoms with E-state index in [0.717, 1.165) is 17.7 Å². The summed E-state index contributed by atoms with van der Waals surface area (Å²) in [4.78, 5) is 30.7. The van der Waals surface area contributed by atoms with Crippen LogP contribution in [0.3, 0.4) is 0 Å². The molecule has 1 unspecified atom stereocenters. The standard InChI is InChI=1S/C20H29N3O4/c1-20(2,3)27-19(25)22-10-11-23-16(14-22)8-9-21(18(23)24)13-15-6-5-7-17(12-15)26-4/h5-7,12,16H,8-11,13-14H2,1-4H3. The SMILES string of the molecule is COc1cccc(CN2CCC3CN(C(=O)OC(C)(C)C)CCN3C2=O)c1. The normalized spacial score (nSPS) is 20.4. The number of methoxy groups -OCH3 is 1. The molecule has 0 aromatic heterocycles. The molecule has 2 fully saturated rings. The Morgan fingerprint density at radius 1 is 1.22 bits per heavy atom. The largest absolute Gasteiger partial charge is 0.497 e. The van der Waals surface area contributed by atoms with E-state index in [1.54, 1.807) is 12.0 Å². The maximum absolute atomic E-state index is 12.9. The Kier molecular flexibility index (Phi) is 5.48. The third-order valence-corrected chi connectivity index (χ3v) is 4.89. The molecule has 3 amide bonds. The van der Waals surface area contributed by atoms with Crippen LogP contribution in [0, 0.1) is 0 Å². The van der Waals surface area contributed by atoms with Crippen molar-refractivity contribution < 1.29 is 19.1 Å². The Morgan fingerprint density at radius 2 is 2.00 bits per heavy atom. The zero-order valence-electron chi connectivity index (χ0n) is 16.6. The predicted octanol–water partition coefficient (Wildman–Crippen LogP) is 2.94. The third kappa shape index (κ3) is 4.64. The Bertz CT molecular complexity index is 701. The van der Waals surface area contributed by atoms with E-state index >= 15 is 0 Å². The quantitative estimate of drug-likeness (QED) is 0.815. The van der Waals surface area contributed by atoms with E-state index < -0.39 is 5.60 Å². The van der Waals surface area contributed by atoms with Crippen molar-refractivity contribution in [3.63, 3.8) is 0 Å². The lowest BCUT2D eigenvalue weighted by Gasteiger charge is -2.47. The van der Waals surface area contributed by atoms with Crippen LogP contribution in [0.15, 0.2) is 24.3 Å². The van der Waals surface area contributed by atoms with Crippen LogP contribution in [0.2, 0.25) is 0 Å². The number of carbonyl (C=O) groups is 2. The first-order valence-electron chi connectivity index (χ1n) is 9.43. The molecule has 148 valence electrons. The minimum Gasteiger partial charge on any atom is -0.497 e. The fourth-order valence-corrected chi connectivity index (χ4v) is 3.57. The first kappa shape index (κ1) is 19.3. The van der Waals surface area contributed by atoms with Gasteiger partial charge < -0.3 is 24.2 Å². The fourth-order valence-electron chi connectivity index (χ4n) is 3.57. The number of fused-ring (bicyclic) bond motifs is 1. The highest BCUT2D eigenvalue weighted by atomic mass is 16.6. The number of benzene rings is 1. The molecular weight excluding hydrogens is 346 g/mol. The van der Waals surface area contributed by atoms with E-state index in [2.05, 4.69) is 0 Å². The monoisotopic (exact) mass is 375 g/mol. The number of urea groups is 1. The minimum atomic E-state index is -0.510. The van der Waals surface area contributed by atoms with Crippen molar-refractivity contribution in [1.29, 1.82) is 0 Å². The predicted molar refractivity (Wildman–Crippen MR) is 102 cm³/mol. The summed E-state index contributed by atoms with van der Waals surface area (Å²) in [5.41, 5.74) is 0.540. The van der Waals surface area contributed by atoms with E-state index in [1.807, 2.05) is 54.8 Å². The van der Waals surface area contributed by atoms with Gasteiger partial charge in [-0.05, 0) is 44.9 Å². The average molecular weight is 375 g/mol. The molecule has 0 bridgehead atoms. The maximum Gasteiger partial charge on any atom is 0.410 e. The molecule has 0 radical (unpaired) electrons. The summed E-state index contributed by atoms with van der Waals surface area (Å²) in [6.07, 6.45) is 0.544. The van der Waals surface area contributed by atoms with E-state index in [-0.39, 0.29) is 18.2 Å². The van der Waals surface area contributed by atoms with Crippen molar-refractivity contribution in [3.05, 3.63) is 29.8 Å². The van der Waals surface area contributed by atoms with Crippen LogP contribution in [0.4, 0.5) is 9.59 Å². The van der Waals surface area contributed by atoms with Crippen LogP contribution in [0.25, 0.3) is 0 Å². The van der Waals surface area contributed by atoms with Crippen molar-refractivity contribution in [2.75, 3.05) is 33.3 Å². The number of ether oxygens (including phenoxy) is 2. The molecular formula is C20H29N3O4. The zero-order valence-corrected chi connectivity index (χ0v) is 16.6. The smallest absolute Gasteiger partial charge is 0.410 e. The zero-order chi connectivity index (χ0) is 19.6. The van der Waals surface area contributed by atoms with Gasteiger partial charge >= 0.3 is 12.1 Å². The van der Waals surface area contributed by atoms with Crippen LogP contribution in [-0.2, 0) is 11.3 Å². The molecule has 2 aliphatic heterocycles. The molecule has 0 saturated carbocycles. The highest BCUT2D eigenvalue weighted by Gasteiger charge is 2.39. The van der Waals surface area contributed by atoms with Gasteiger partial charge in [0.15, 0.2) is 0 Å². The van der Waals surface area contributed by atoms with Gasteiger partial charge in [0.05, 0.1) is 13.2 Å². The van der Waals surface area contributed by atoms with Crippen LogP contribution in [0.1, 0.15) is 32.8 Å². The molecule has 2 aliphatic rings. The van der Waals surface area contributed by atoms with Gasteiger partial charge in [0.1, 0.15) is 11.4 Å². The number of hydrogen-bond donors (Lipinski definition) is 0. The molecule has 2 heterocycles. The van der Waals surface area contributed by atoms with Crippen LogP contribution < -0.4 is 4.74 Å². The summed E-state index contributed by atoms with van der Waals surface area (Å²) in [7, 11) is 1.64. The van der Waals surface area contributed by atoms with Gasteiger partial charge in [-0.1, -0.05) is 12.1 Å². The molecule has 1 aromatic carbocycles. The second kappa shape index (κ2) is 7.66. The van der Waals surface area contributed by atoms with Crippen LogP contribution in [-0.4, -0.2) is 71.8 Å². The summed E-state index contributed by atoms with van der Waals surface area (Å²) in [5, 5.41) is 0. The highest BCUT2D eigenvalue weighted by molar-refractivity contribution is 5.76. The number of carbonyl (C=O) groups excluding carboxylic acids is 2. The summed E-state index contributed by atoms with van der Waals surface area (Å²) in [5.74, 6) is 0.792. The van der Waals surface area contributed by atoms with E-state index in [0.29, 0.717) is 32.7 Å². The number of rotatable bonds is 3. The molecule has 1 aromatic rings.